The number of hydrogen-bond donors (Lipinski definition) is 1. The van der Waals surface area contributed by atoms with Crippen molar-refractivity contribution in [1.29, 1.82) is 0 Å². The summed E-state index contributed by atoms with van der Waals surface area (Å²) in [5, 5.41) is 0. The van der Waals surface area contributed by atoms with Crippen LogP contribution in [0.5, 0.6) is 5.75 Å². The Kier molecular flexibility index (Phi) is 3.62. The molecule has 0 saturated heterocycles. The lowest BCUT2D eigenvalue weighted by Crippen LogP contribution is -2.43. The minimum atomic E-state index is -0.656. The van der Waals surface area contributed by atoms with Crippen LogP contribution in [0.15, 0.2) is 48.5 Å². The number of para-hydroxylation sites is 2. The van der Waals surface area contributed by atoms with Crippen molar-refractivity contribution in [3.05, 3.63) is 59.7 Å². The number of amides is 1. The number of carbonyl (C=O) groups excluding carboxylic acids is 1. The van der Waals surface area contributed by atoms with Gasteiger partial charge in [-0.3, -0.25) is 4.79 Å². The van der Waals surface area contributed by atoms with Crippen molar-refractivity contribution >= 4 is 11.6 Å². The van der Waals surface area contributed by atoms with E-state index in [2.05, 4.69) is 0 Å². The van der Waals surface area contributed by atoms with E-state index in [1.807, 2.05) is 55.5 Å². The fraction of sp³-hybridized carbons (Fsp3) is 0.235. The maximum atomic E-state index is 12.7. The third kappa shape index (κ3) is 2.62. The highest BCUT2D eigenvalue weighted by molar-refractivity contribution is 5.99. The molecule has 1 heterocycles. The van der Waals surface area contributed by atoms with Crippen LogP contribution in [0.4, 0.5) is 5.69 Å². The summed E-state index contributed by atoms with van der Waals surface area (Å²) in [5.41, 5.74) is 8.91. The first-order valence-electron chi connectivity index (χ1n) is 7.02. The van der Waals surface area contributed by atoms with Crippen LogP contribution in [-0.2, 0) is 4.79 Å². The van der Waals surface area contributed by atoms with Crippen molar-refractivity contribution in [2.45, 2.75) is 13.0 Å². The zero-order chi connectivity index (χ0) is 14.8. The molecular weight excluding hydrogens is 264 g/mol. The lowest BCUT2D eigenvalue weighted by Gasteiger charge is -2.31. The Hall–Kier alpha value is -2.33. The molecule has 0 bridgehead atoms. The molecule has 1 amide bonds. The molecule has 0 aromatic heterocycles. The average molecular weight is 282 g/mol. The third-order valence-corrected chi connectivity index (χ3v) is 3.70. The molecule has 0 aliphatic carbocycles. The van der Waals surface area contributed by atoms with Crippen molar-refractivity contribution in [1.82, 2.24) is 0 Å². The van der Waals surface area contributed by atoms with Crippen LogP contribution in [0.25, 0.3) is 0 Å². The quantitative estimate of drug-likeness (QED) is 0.920. The second-order valence-electron chi connectivity index (χ2n) is 5.19. The first-order valence-corrected chi connectivity index (χ1v) is 7.02. The maximum Gasteiger partial charge on any atom is 0.248 e. The van der Waals surface area contributed by atoms with Gasteiger partial charge < -0.3 is 15.4 Å². The molecule has 2 aromatic rings. The molecule has 0 saturated carbocycles. The number of hydrogen-bond acceptors (Lipinski definition) is 3. The monoisotopic (exact) mass is 282 g/mol. The summed E-state index contributed by atoms with van der Waals surface area (Å²) in [6.07, 6.45) is 0. The Morgan fingerprint density at radius 1 is 1.19 bits per heavy atom. The molecule has 108 valence electrons. The number of nitrogens with two attached hydrogens (primary N) is 1. The largest absolute Gasteiger partial charge is 0.490 e. The minimum Gasteiger partial charge on any atom is -0.490 e. The van der Waals surface area contributed by atoms with Gasteiger partial charge in [0.25, 0.3) is 0 Å². The van der Waals surface area contributed by atoms with Gasteiger partial charge in [-0.2, -0.15) is 0 Å². The Morgan fingerprint density at radius 2 is 1.90 bits per heavy atom. The van der Waals surface area contributed by atoms with Gasteiger partial charge in [0, 0.05) is 0 Å². The van der Waals surface area contributed by atoms with Crippen molar-refractivity contribution < 1.29 is 9.53 Å². The van der Waals surface area contributed by atoms with Gasteiger partial charge in [-0.25, -0.2) is 0 Å². The van der Waals surface area contributed by atoms with Gasteiger partial charge in [0.05, 0.1) is 12.2 Å². The Bertz CT molecular complexity index is 652. The van der Waals surface area contributed by atoms with Gasteiger partial charge in [-0.15, -0.1) is 0 Å². The van der Waals surface area contributed by atoms with Gasteiger partial charge in [-0.1, -0.05) is 42.0 Å². The first kappa shape index (κ1) is 13.6. The summed E-state index contributed by atoms with van der Waals surface area (Å²) in [6.45, 7) is 3.02. The van der Waals surface area contributed by atoms with Gasteiger partial charge in [-0.05, 0) is 24.6 Å². The fourth-order valence-corrected chi connectivity index (χ4v) is 2.48. The summed E-state index contributed by atoms with van der Waals surface area (Å²) in [4.78, 5) is 14.4. The topological polar surface area (TPSA) is 55.6 Å². The standard InChI is InChI=1S/C17H18N2O2/c1-12-6-8-13(9-7-12)16(18)17(20)19-10-11-21-15-5-3-2-4-14(15)19/h2-9,16H,10-11,18H2,1H3. The number of nitrogens with zero attached hydrogens (tertiary/aromatic N) is 1. The van der Waals surface area contributed by atoms with E-state index in [9.17, 15) is 4.79 Å². The Balaban J connectivity index is 1.87. The summed E-state index contributed by atoms with van der Waals surface area (Å²) in [5.74, 6) is 0.628. The Morgan fingerprint density at radius 3 is 2.67 bits per heavy atom. The van der Waals surface area contributed by atoms with Gasteiger partial charge in [0.15, 0.2) is 0 Å². The van der Waals surface area contributed by atoms with Gasteiger partial charge in [0.1, 0.15) is 18.4 Å². The zero-order valence-electron chi connectivity index (χ0n) is 12.0. The number of benzene rings is 2. The second-order valence-corrected chi connectivity index (χ2v) is 5.19. The van der Waals surface area contributed by atoms with E-state index in [0.717, 1.165) is 22.6 Å². The number of anilines is 1. The second kappa shape index (κ2) is 5.58. The van der Waals surface area contributed by atoms with Crippen LogP contribution in [-0.4, -0.2) is 19.1 Å². The van der Waals surface area contributed by atoms with Crippen LogP contribution in [0.2, 0.25) is 0 Å². The van der Waals surface area contributed by atoms with E-state index in [-0.39, 0.29) is 5.91 Å². The van der Waals surface area contributed by atoms with Crippen LogP contribution in [0.1, 0.15) is 17.2 Å². The number of ether oxygens (including phenoxy) is 1. The highest BCUT2D eigenvalue weighted by Crippen LogP contribution is 2.32. The molecule has 4 heteroatoms. The van der Waals surface area contributed by atoms with Crippen LogP contribution in [0, 0.1) is 6.92 Å². The molecule has 21 heavy (non-hydrogen) atoms. The van der Waals surface area contributed by atoms with Gasteiger partial charge in [0.2, 0.25) is 5.91 Å². The average Bonchev–Trinajstić information content (AvgIpc) is 2.53. The van der Waals surface area contributed by atoms with E-state index >= 15 is 0 Å². The molecule has 3 rings (SSSR count). The maximum absolute atomic E-state index is 12.7. The zero-order valence-corrected chi connectivity index (χ0v) is 12.0. The lowest BCUT2D eigenvalue weighted by atomic mass is 10.0. The molecule has 1 aliphatic heterocycles. The number of aryl methyl sites for hydroxylation is 1. The molecule has 0 fully saturated rings. The van der Waals surface area contributed by atoms with E-state index < -0.39 is 6.04 Å². The summed E-state index contributed by atoms with van der Waals surface area (Å²) in [7, 11) is 0. The highest BCUT2D eigenvalue weighted by Gasteiger charge is 2.28. The fourth-order valence-electron chi connectivity index (χ4n) is 2.48. The SMILES string of the molecule is Cc1ccc(C(N)C(=O)N2CCOc3ccccc32)cc1. The van der Waals surface area contributed by atoms with Gasteiger partial charge >= 0.3 is 0 Å². The molecule has 4 nitrogen and oxygen atoms in total. The molecule has 0 radical (unpaired) electrons. The normalized spacial score (nSPS) is 15.0. The predicted octanol–water partition coefficient (Wildman–Crippen LogP) is 2.42. The number of fused-ring (bicyclic) bond motifs is 1. The van der Waals surface area contributed by atoms with Crippen molar-refractivity contribution in [3.63, 3.8) is 0 Å². The van der Waals surface area contributed by atoms with Crippen LogP contribution < -0.4 is 15.4 Å². The van der Waals surface area contributed by atoms with E-state index in [1.54, 1.807) is 4.90 Å². The van der Waals surface area contributed by atoms with Crippen LogP contribution in [0.3, 0.4) is 0 Å². The van der Waals surface area contributed by atoms with E-state index in [4.69, 9.17) is 10.5 Å². The molecule has 2 aromatic carbocycles. The smallest absolute Gasteiger partial charge is 0.248 e. The third-order valence-electron chi connectivity index (χ3n) is 3.70. The highest BCUT2D eigenvalue weighted by atomic mass is 16.5. The molecule has 1 aliphatic rings. The molecule has 2 N–H and O–H groups in total. The first-order chi connectivity index (χ1) is 10.2. The summed E-state index contributed by atoms with van der Waals surface area (Å²) < 4.78 is 5.57. The van der Waals surface area contributed by atoms with Crippen molar-refractivity contribution in [2.75, 3.05) is 18.1 Å². The molecule has 0 spiro atoms. The minimum absolute atomic E-state index is 0.102. The molecular formula is C17H18N2O2. The Labute approximate surface area is 124 Å². The summed E-state index contributed by atoms with van der Waals surface area (Å²) >= 11 is 0. The predicted molar refractivity (Wildman–Crippen MR) is 82.4 cm³/mol. The number of rotatable bonds is 2. The molecule has 1 atom stereocenters. The van der Waals surface area contributed by atoms with Crippen LogP contribution >= 0.6 is 0 Å². The van der Waals surface area contributed by atoms with Crippen molar-refractivity contribution in [3.8, 4) is 5.75 Å². The molecule has 1 unspecified atom stereocenters. The number of carbonyl (C=O) groups is 1. The van der Waals surface area contributed by atoms with Crippen molar-refractivity contribution in [2.24, 2.45) is 5.73 Å². The lowest BCUT2D eigenvalue weighted by molar-refractivity contribution is -0.120. The van der Waals surface area contributed by atoms with E-state index in [0.29, 0.717) is 13.2 Å². The van der Waals surface area contributed by atoms with E-state index in [1.165, 1.54) is 0 Å². The summed E-state index contributed by atoms with van der Waals surface area (Å²) in [6, 6.07) is 14.6.